The average molecular weight is 386 g/mol. The summed E-state index contributed by atoms with van der Waals surface area (Å²) < 4.78 is 0. The van der Waals surface area contributed by atoms with E-state index in [1.165, 1.54) is 0 Å². The highest BCUT2D eigenvalue weighted by atomic mass is 35.5. The molecule has 3 aromatic rings. The predicted octanol–water partition coefficient (Wildman–Crippen LogP) is 4.92. The third kappa shape index (κ3) is 4.09. The van der Waals surface area contributed by atoms with Crippen LogP contribution in [0.25, 0.3) is 0 Å². The first kappa shape index (κ1) is 18.1. The summed E-state index contributed by atoms with van der Waals surface area (Å²) in [7, 11) is 0. The summed E-state index contributed by atoms with van der Waals surface area (Å²) >= 11 is 7.06. The molecule has 0 unspecified atom stereocenters. The Morgan fingerprint density at radius 2 is 1.77 bits per heavy atom. The first-order chi connectivity index (χ1) is 12.4. The zero-order chi connectivity index (χ0) is 18.7. The third-order valence-electron chi connectivity index (χ3n) is 3.70. The van der Waals surface area contributed by atoms with Crippen molar-refractivity contribution in [2.24, 2.45) is 0 Å². The highest BCUT2D eigenvalue weighted by Gasteiger charge is 2.18. The zero-order valence-electron chi connectivity index (χ0n) is 14.2. The van der Waals surface area contributed by atoms with Gasteiger partial charge in [0.05, 0.1) is 5.69 Å². The van der Waals surface area contributed by atoms with Crippen molar-refractivity contribution < 1.29 is 9.59 Å². The van der Waals surface area contributed by atoms with Gasteiger partial charge >= 0.3 is 0 Å². The van der Waals surface area contributed by atoms with Gasteiger partial charge in [-0.2, -0.15) is 0 Å². The minimum atomic E-state index is -0.293. The lowest BCUT2D eigenvalue weighted by Gasteiger charge is -2.04. The first-order valence-corrected chi connectivity index (χ1v) is 9.05. The van der Waals surface area contributed by atoms with E-state index in [2.05, 4.69) is 15.6 Å². The SMILES string of the molecule is Cc1ccccc1C(=O)Nc1nc(C)c(C(=O)Nc2cccc(Cl)c2)s1. The van der Waals surface area contributed by atoms with Gasteiger partial charge in [0.1, 0.15) is 4.88 Å². The maximum atomic E-state index is 12.5. The molecule has 2 aromatic carbocycles. The van der Waals surface area contributed by atoms with Crippen LogP contribution in [0.4, 0.5) is 10.8 Å². The number of benzene rings is 2. The van der Waals surface area contributed by atoms with E-state index >= 15 is 0 Å². The fraction of sp³-hybridized carbons (Fsp3) is 0.105. The number of amides is 2. The molecule has 0 bridgehead atoms. The van der Waals surface area contributed by atoms with Gasteiger partial charge in [-0.25, -0.2) is 4.98 Å². The Morgan fingerprint density at radius 1 is 1.00 bits per heavy atom. The summed E-state index contributed by atoms with van der Waals surface area (Å²) in [6.07, 6.45) is 0. The number of halogens is 1. The number of nitrogens with one attached hydrogen (secondary N) is 2. The van der Waals surface area contributed by atoms with Crippen LogP contribution in [0.1, 0.15) is 31.3 Å². The number of carbonyl (C=O) groups is 2. The highest BCUT2D eigenvalue weighted by Crippen LogP contribution is 2.25. The fourth-order valence-corrected chi connectivity index (χ4v) is 3.45. The monoisotopic (exact) mass is 385 g/mol. The molecule has 1 heterocycles. The molecule has 0 atom stereocenters. The van der Waals surface area contributed by atoms with Crippen molar-refractivity contribution in [3.05, 3.63) is 75.3 Å². The van der Waals surface area contributed by atoms with Crippen LogP contribution in [0.15, 0.2) is 48.5 Å². The normalized spacial score (nSPS) is 10.4. The Labute approximate surface area is 160 Å². The summed E-state index contributed by atoms with van der Waals surface area (Å²) in [4.78, 5) is 29.6. The Balaban J connectivity index is 1.75. The second kappa shape index (κ2) is 7.68. The van der Waals surface area contributed by atoms with E-state index in [-0.39, 0.29) is 11.8 Å². The predicted molar refractivity (Wildman–Crippen MR) is 105 cm³/mol. The molecule has 0 aliphatic heterocycles. The number of rotatable bonds is 4. The molecular formula is C19H16ClN3O2S. The van der Waals surface area contributed by atoms with Crippen molar-refractivity contribution in [3.8, 4) is 0 Å². The molecule has 132 valence electrons. The van der Waals surface area contributed by atoms with Crippen LogP contribution < -0.4 is 10.6 Å². The third-order valence-corrected chi connectivity index (χ3v) is 5.00. The average Bonchev–Trinajstić information content (AvgIpc) is 2.95. The van der Waals surface area contributed by atoms with Crippen molar-refractivity contribution in [1.82, 2.24) is 4.98 Å². The molecule has 0 spiro atoms. The quantitative estimate of drug-likeness (QED) is 0.669. The number of aryl methyl sites for hydroxylation is 2. The standard InChI is InChI=1S/C19H16ClN3O2S/c1-11-6-3-4-9-15(11)17(24)23-19-21-12(2)16(26-19)18(25)22-14-8-5-7-13(20)10-14/h3-10H,1-2H3,(H,22,25)(H,21,23,24). The van der Waals surface area contributed by atoms with Crippen LogP contribution in [0.5, 0.6) is 0 Å². The van der Waals surface area contributed by atoms with Gasteiger partial charge in [-0.1, -0.05) is 47.2 Å². The molecule has 0 aliphatic carbocycles. The number of hydrogen-bond donors (Lipinski definition) is 2. The van der Waals surface area contributed by atoms with Crippen molar-refractivity contribution in [1.29, 1.82) is 0 Å². The molecule has 5 nitrogen and oxygen atoms in total. The minimum Gasteiger partial charge on any atom is -0.321 e. The second-order valence-corrected chi connectivity index (χ2v) is 7.10. The van der Waals surface area contributed by atoms with Gasteiger partial charge in [0, 0.05) is 16.3 Å². The minimum absolute atomic E-state index is 0.251. The number of anilines is 2. The molecule has 0 aliphatic rings. The summed E-state index contributed by atoms with van der Waals surface area (Å²) in [5.74, 6) is -0.544. The van der Waals surface area contributed by atoms with Crippen LogP contribution >= 0.6 is 22.9 Å². The van der Waals surface area contributed by atoms with Crippen molar-refractivity contribution in [2.45, 2.75) is 13.8 Å². The molecule has 1 aromatic heterocycles. The molecule has 0 radical (unpaired) electrons. The number of carbonyl (C=O) groups excluding carboxylic acids is 2. The van der Waals surface area contributed by atoms with Crippen LogP contribution in [-0.2, 0) is 0 Å². The van der Waals surface area contributed by atoms with E-state index in [0.29, 0.717) is 32.0 Å². The van der Waals surface area contributed by atoms with Crippen LogP contribution in [0.2, 0.25) is 5.02 Å². The lowest BCUT2D eigenvalue weighted by Crippen LogP contribution is -2.13. The van der Waals surface area contributed by atoms with Crippen LogP contribution in [-0.4, -0.2) is 16.8 Å². The summed E-state index contributed by atoms with van der Waals surface area (Å²) in [6, 6.07) is 14.2. The van der Waals surface area contributed by atoms with Crippen molar-refractivity contribution >= 4 is 45.6 Å². The van der Waals surface area contributed by atoms with Crippen molar-refractivity contribution in [2.75, 3.05) is 10.6 Å². The van der Waals surface area contributed by atoms with Gasteiger partial charge in [0.15, 0.2) is 5.13 Å². The maximum Gasteiger partial charge on any atom is 0.267 e. The molecule has 2 amide bonds. The first-order valence-electron chi connectivity index (χ1n) is 7.85. The van der Waals surface area contributed by atoms with E-state index in [0.717, 1.165) is 16.9 Å². The molecule has 7 heteroatoms. The number of hydrogen-bond acceptors (Lipinski definition) is 4. The second-order valence-electron chi connectivity index (χ2n) is 5.67. The lowest BCUT2D eigenvalue weighted by atomic mass is 10.1. The van der Waals surface area contributed by atoms with E-state index < -0.39 is 0 Å². The van der Waals surface area contributed by atoms with Gasteiger partial charge < -0.3 is 5.32 Å². The number of nitrogens with zero attached hydrogens (tertiary/aromatic N) is 1. The largest absolute Gasteiger partial charge is 0.321 e. The molecule has 3 rings (SSSR count). The number of thiazole rings is 1. The highest BCUT2D eigenvalue weighted by molar-refractivity contribution is 7.17. The van der Waals surface area contributed by atoms with Gasteiger partial charge in [-0.05, 0) is 43.7 Å². The van der Waals surface area contributed by atoms with Crippen LogP contribution in [0, 0.1) is 13.8 Å². The smallest absolute Gasteiger partial charge is 0.267 e. The molecule has 0 saturated carbocycles. The van der Waals surface area contributed by atoms with E-state index in [9.17, 15) is 9.59 Å². The zero-order valence-corrected chi connectivity index (χ0v) is 15.7. The topological polar surface area (TPSA) is 71.1 Å². The van der Waals surface area contributed by atoms with E-state index in [1.54, 1.807) is 43.3 Å². The number of aromatic nitrogens is 1. The molecule has 0 fully saturated rings. The Kier molecular flexibility index (Phi) is 5.35. The molecule has 2 N–H and O–H groups in total. The molecular weight excluding hydrogens is 370 g/mol. The van der Waals surface area contributed by atoms with Crippen molar-refractivity contribution in [3.63, 3.8) is 0 Å². The van der Waals surface area contributed by atoms with E-state index in [4.69, 9.17) is 11.6 Å². The summed E-state index contributed by atoms with van der Waals surface area (Å²) in [5, 5.41) is 6.46. The summed E-state index contributed by atoms with van der Waals surface area (Å²) in [5.41, 5.74) is 2.60. The van der Waals surface area contributed by atoms with Gasteiger partial charge in [0.2, 0.25) is 0 Å². The Morgan fingerprint density at radius 3 is 2.50 bits per heavy atom. The lowest BCUT2D eigenvalue weighted by molar-refractivity contribution is 0.101. The van der Waals surface area contributed by atoms with Gasteiger partial charge in [-0.15, -0.1) is 0 Å². The summed E-state index contributed by atoms with van der Waals surface area (Å²) in [6.45, 7) is 3.60. The van der Waals surface area contributed by atoms with E-state index in [1.807, 2.05) is 19.1 Å². The fourth-order valence-electron chi connectivity index (χ4n) is 2.41. The van der Waals surface area contributed by atoms with Gasteiger partial charge in [0.25, 0.3) is 11.8 Å². The van der Waals surface area contributed by atoms with Crippen LogP contribution in [0.3, 0.4) is 0 Å². The molecule has 26 heavy (non-hydrogen) atoms. The molecule has 0 saturated heterocycles. The Hall–Kier alpha value is -2.70. The maximum absolute atomic E-state index is 12.5. The Bertz CT molecular complexity index is 984. The van der Waals surface area contributed by atoms with Gasteiger partial charge in [-0.3, -0.25) is 14.9 Å².